The first kappa shape index (κ1) is 13.8. The van der Waals surface area contributed by atoms with Gasteiger partial charge >= 0.3 is 5.97 Å². The van der Waals surface area contributed by atoms with Crippen LogP contribution >= 0.6 is 0 Å². The molecule has 0 aliphatic heterocycles. The zero-order chi connectivity index (χ0) is 12.8. The van der Waals surface area contributed by atoms with E-state index in [9.17, 15) is 4.79 Å². The molecular weight excluding hydrogens is 220 g/mol. The third kappa shape index (κ3) is 4.61. The summed E-state index contributed by atoms with van der Waals surface area (Å²) in [7, 11) is 0. The van der Waals surface area contributed by atoms with Crippen molar-refractivity contribution >= 4 is 5.97 Å². The normalized spacial score (nSPS) is 11.1. The number of aryl methyl sites for hydroxylation is 1. The molecule has 96 valence electrons. The molecule has 1 N–H and O–H groups in total. The molecule has 0 atom stereocenters. The van der Waals surface area contributed by atoms with Gasteiger partial charge in [0.1, 0.15) is 5.76 Å². The second kappa shape index (κ2) is 6.45. The first-order valence-corrected chi connectivity index (χ1v) is 5.91. The molecule has 1 rings (SSSR count). The van der Waals surface area contributed by atoms with Crippen molar-refractivity contribution in [2.24, 2.45) is 5.92 Å². The van der Waals surface area contributed by atoms with Crippen LogP contribution in [-0.2, 0) is 11.3 Å². The monoisotopic (exact) mass is 240 g/mol. The summed E-state index contributed by atoms with van der Waals surface area (Å²) in [4.78, 5) is 10.7. The second-order valence-corrected chi connectivity index (χ2v) is 4.59. The zero-order valence-corrected chi connectivity index (χ0v) is 10.7. The maximum absolute atomic E-state index is 10.7. The van der Waals surface area contributed by atoms with Gasteiger partial charge in [0.25, 0.3) is 0 Å². The molecule has 0 aliphatic rings. The maximum Gasteiger partial charge on any atom is 0.371 e. The predicted octanol–water partition coefficient (Wildman–Crippen LogP) is 3.24. The van der Waals surface area contributed by atoms with E-state index in [2.05, 4.69) is 13.8 Å². The van der Waals surface area contributed by atoms with Gasteiger partial charge in [0.2, 0.25) is 5.76 Å². The van der Waals surface area contributed by atoms with Gasteiger partial charge in [0, 0.05) is 12.2 Å². The lowest BCUT2D eigenvalue weighted by atomic mass is 10.1. The molecule has 1 aromatic rings. The van der Waals surface area contributed by atoms with Gasteiger partial charge in [-0.15, -0.1) is 0 Å². The number of rotatable bonds is 7. The van der Waals surface area contributed by atoms with E-state index >= 15 is 0 Å². The van der Waals surface area contributed by atoms with Crippen molar-refractivity contribution in [3.63, 3.8) is 0 Å². The van der Waals surface area contributed by atoms with E-state index in [1.165, 1.54) is 6.07 Å². The fourth-order valence-electron chi connectivity index (χ4n) is 1.54. The highest BCUT2D eigenvalue weighted by Gasteiger charge is 2.12. The van der Waals surface area contributed by atoms with Gasteiger partial charge in [0.15, 0.2) is 0 Å². The van der Waals surface area contributed by atoms with Gasteiger partial charge in [-0.05, 0) is 31.7 Å². The van der Waals surface area contributed by atoms with E-state index in [1.807, 2.05) is 0 Å². The predicted molar refractivity (Wildman–Crippen MR) is 64.1 cm³/mol. The molecule has 17 heavy (non-hydrogen) atoms. The molecule has 0 bridgehead atoms. The second-order valence-electron chi connectivity index (χ2n) is 4.59. The highest BCUT2D eigenvalue weighted by molar-refractivity contribution is 5.84. The maximum atomic E-state index is 10.7. The number of hydrogen-bond donors (Lipinski definition) is 1. The van der Waals surface area contributed by atoms with Crippen LogP contribution in [0.2, 0.25) is 0 Å². The fraction of sp³-hybridized carbons (Fsp3) is 0.615. The highest BCUT2D eigenvalue weighted by atomic mass is 16.5. The quantitative estimate of drug-likeness (QED) is 0.743. The summed E-state index contributed by atoms with van der Waals surface area (Å²) in [6.45, 7) is 7.23. The van der Waals surface area contributed by atoms with Crippen molar-refractivity contribution < 1.29 is 19.1 Å². The SMILES string of the molecule is Cc1oc(C(=O)O)cc1COCCCC(C)C. The van der Waals surface area contributed by atoms with Crippen molar-refractivity contribution in [3.05, 3.63) is 23.2 Å². The lowest BCUT2D eigenvalue weighted by molar-refractivity contribution is 0.0661. The van der Waals surface area contributed by atoms with Crippen LogP contribution in [0.3, 0.4) is 0 Å². The Morgan fingerprint density at radius 3 is 2.76 bits per heavy atom. The Kier molecular flexibility index (Phi) is 5.22. The minimum Gasteiger partial charge on any atom is -0.475 e. The fourth-order valence-corrected chi connectivity index (χ4v) is 1.54. The van der Waals surface area contributed by atoms with Crippen LogP contribution < -0.4 is 0 Å². The lowest BCUT2D eigenvalue weighted by Crippen LogP contribution is -1.98. The van der Waals surface area contributed by atoms with Crippen LogP contribution in [0.4, 0.5) is 0 Å². The summed E-state index contributed by atoms with van der Waals surface area (Å²) in [5, 5.41) is 8.76. The van der Waals surface area contributed by atoms with E-state index in [4.69, 9.17) is 14.3 Å². The highest BCUT2D eigenvalue weighted by Crippen LogP contribution is 2.16. The first-order chi connectivity index (χ1) is 8.00. The average Bonchev–Trinajstić information content (AvgIpc) is 2.59. The van der Waals surface area contributed by atoms with Crippen LogP contribution in [0, 0.1) is 12.8 Å². The van der Waals surface area contributed by atoms with E-state index < -0.39 is 5.97 Å². The number of carboxylic acid groups (broad SMARTS) is 1. The Hall–Kier alpha value is -1.29. The van der Waals surface area contributed by atoms with Crippen molar-refractivity contribution in [2.45, 2.75) is 40.2 Å². The van der Waals surface area contributed by atoms with Crippen molar-refractivity contribution in [2.75, 3.05) is 6.61 Å². The Labute approximate surface area is 102 Å². The third-order valence-corrected chi connectivity index (χ3v) is 2.56. The van der Waals surface area contributed by atoms with Gasteiger partial charge in [0.05, 0.1) is 6.61 Å². The van der Waals surface area contributed by atoms with Crippen LogP contribution in [0.5, 0.6) is 0 Å². The molecule has 0 saturated heterocycles. The molecular formula is C13H20O4. The minimum atomic E-state index is -1.04. The van der Waals surface area contributed by atoms with E-state index in [0.29, 0.717) is 24.9 Å². The minimum absolute atomic E-state index is 0.0247. The molecule has 1 heterocycles. The van der Waals surface area contributed by atoms with Gasteiger partial charge in [-0.3, -0.25) is 0 Å². The Morgan fingerprint density at radius 1 is 1.53 bits per heavy atom. The molecule has 0 fully saturated rings. The van der Waals surface area contributed by atoms with Gasteiger partial charge in [-0.25, -0.2) is 4.79 Å². The molecule has 0 radical (unpaired) electrons. The standard InChI is InChI=1S/C13H20O4/c1-9(2)5-4-6-16-8-11-7-12(13(14)15)17-10(11)3/h7,9H,4-6,8H2,1-3H3,(H,14,15). The molecule has 0 aliphatic carbocycles. The van der Waals surface area contributed by atoms with Crippen molar-refractivity contribution in [1.82, 2.24) is 0 Å². The topological polar surface area (TPSA) is 59.7 Å². The molecule has 0 saturated carbocycles. The molecule has 1 aromatic heterocycles. The van der Waals surface area contributed by atoms with Crippen LogP contribution in [0.1, 0.15) is 48.6 Å². The van der Waals surface area contributed by atoms with Gasteiger partial charge < -0.3 is 14.3 Å². The van der Waals surface area contributed by atoms with Crippen molar-refractivity contribution in [1.29, 1.82) is 0 Å². The summed E-state index contributed by atoms with van der Waals surface area (Å²) in [5.74, 6) is 0.238. The van der Waals surface area contributed by atoms with Crippen LogP contribution in [0.15, 0.2) is 10.5 Å². The van der Waals surface area contributed by atoms with E-state index in [0.717, 1.165) is 18.4 Å². The molecule has 0 spiro atoms. The summed E-state index contributed by atoms with van der Waals surface area (Å²) < 4.78 is 10.6. The number of carbonyl (C=O) groups is 1. The molecule has 4 heteroatoms. The van der Waals surface area contributed by atoms with E-state index in [-0.39, 0.29) is 5.76 Å². The smallest absolute Gasteiger partial charge is 0.371 e. The summed E-state index contributed by atoms with van der Waals surface area (Å²) in [5.41, 5.74) is 0.812. The zero-order valence-electron chi connectivity index (χ0n) is 10.7. The number of hydrogen-bond acceptors (Lipinski definition) is 3. The van der Waals surface area contributed by atoms with Gasteiger partial charge in [-0.1, -0.05) is 13.8 Å². The van der Waals surface area contributed by atoms with Crippen LogP contribution in [-0.4, -0.2) is 17.7 Å². The largest absolute Gasteiger partial charge is 0.475 e. The molecule has 0 aromatic carbocycles. The molecule has 0 amide bonds. The number of aromatic carboxylic acids is 1. The molecule has 0 unspecified atom stereocenters. The van der Waals surface area contributed by atoms with Gasteiger partial charge in [-0.2, -0.15) is 0 Å². The van der Waals surface area contributed by atoms with Crippen LogP contribution in [0.25, 0.3) is 0 Å². The summed E-state index contributed by atoms with van der Waals surface area (Å²) in [6, 6.07) is 1.53. The first-order valence-electron chi connectivity index (χ1n) is 5.91. The number of carboxylic acids is 1. The Bertz CT molecular complexity index is 365. The van der Waals surface area contributed by atoms with Crippen molar-refractivity contribution in [3.8, 4) is 0 Å². The molecule has 4 nitrogen and oxygen atoms in total. The summed E-state index contributed by atoms with van der Waals surface area (Å²) in [6.07, 6.45) is 2.17. The Morgan fingerprint density at radius 2 is 2.24 bits per heavy atom. The van der Waals surface area contributed by atoms with E-state index in [1.54, 1.807) is 6.92 Å². The lowest BCUT2D eigenvalue weighted by Gasteiger charge is -2.05. The Balaban J connectivity index is 2.34. The third-order valence-electron chi connectivity index (χ3n) is 2.56. The average molecular weight is 240 g/mol. The number of ether oxygens (including phenoxy) is 1. The summed E-state index contributed by atoms with van der Waals surface area (Å²) >= 11 is 0. The number of furan rings is 1.